The monoisotopic (exact) mass is 425 g/mol. The van der Waals surface area contributed by atoms with Crippen LogP contribution in [-0.4, -0.2) is 22.7 Å². The van der Waals surface area contributed by atoms with Crippen LogP contribution in [0.25, 0.3) is 22.5 Å². The molecule has 160 valence electrons. The lowest BCUT2D eigenvalue weighted by molar-refractivity contribution is -0.116. The van der Waals surface area contributed by atoms with Gasteiger partial charge >= 0.3 is 0 Å². The normalized spacial score (nSPS) is 11.7. The van der Waals surface area contributed by atoms with Crippen LogP contribution in [0.2, 0.25) is 0 Å². The van der Waals surface area contributed by atoms with Crippen LogP contribution in [0.1, 0.15) is 30.4 Å². The summed E-state index contributed by atoms with van der Waals surface area (Å²) in [6.45, 7) is 2.56. The van der Waals surface area contributed by atoms with Gasteiger partial charge in [-0.2, -0.15) is 4.98 Å². The summed E-state index contributed by atoms with van der Waals surface area (Å²) in [5.74, 6) is 1.66. The Bertz CT molecular complexity index is 1260. The van der Waals surface area contributed by atoms with Gasteiger partial charge in [0, 0.05) is 24.1 Å². The highest BCUT2D eigenvalue weighted by molar-refractivity contribution is 5.92. The van der Waals surface area contributed by atoms with Gasteiger partial charge in [0.15, 0.2) is 0 Å². The molecule has 4 aromatic rings. The highest BCUT2D eigenvalue weighted by atomic mass is 16.5. The lowest BCUT2D eigenvalue weighted by Crippen LogP contribution is -2.12. The molecule has 0 saturated heterocycles. The van der Waals surface area contributed by atoms with Crippen molar-refractivity contribution in [1.29, 1.82) is 0 Å². The molecule has 0 unspecified atom stereocenters. The maximum absolute atomic E-state index is 12.5. The minimum Gasteiger partial charge on any atom is -0.494 e. The number of hydrogen-bond acceptors (Lipinski definition) is 5. The molecule has 6 nitrogen and oxygen atoms in total. The van der Waals surface area contributed by atoms with E-state index in [9.17, 15) is 4.79 Å². The van der Waals surface area contributed by atoms with Crippen LogP contribution in [-0.2, 0) is 17.6 Å². The van der Waals surface area contributed by atoms with Gasteiger partial charge in [-0.05, 0) is 72.0 Å². The molecule has 6 heteroatoms. The Morgan fingerprint density at radius 3 is 2.69 bits per heavy atom. The van der Waals surface area contributed by atoms with Gasteiger partial charge < -0.3 is 14.6 Å². The third-order valence-corrected chi connectivity index (χ3v) is 5.53. The van der Waals surface area contributed by atoms with Crippen molar-refractivity contribution in [2.24, 2.45) is 0 Å². The average molecular weight is 425 g/mol. The zero-order chi connectivity index (χ0) is 21.9. The largest absolute Gasteiger partial charge is 0.494 e. The Kier molecular flexibility index (Phi) is 5.42. The van der Waals surface area contributed by atoms with Gasteiger partial charge in [0.05, 0.1) is 6.61 Å². The number of carbonyl (C=O) groups is 1. The summed E-state index contributed by atoms with van der Waals surface area (Å²) in [6.07, 6.45) is 1.54. The van der Waals surface area contributed by atoms with Crippen molar-refractivity contribution in [2.45, 2.75) is 26.2 Å². The SMILES string of the molecule is CCOc1ccc(-c2noc(CCC(=O)Nc3ccc4c(c3)Cc3ccccc3-4)n2)cc1. The number of amides is 1. The van der Waals surface area contributed by atoms with Crippen LogP contribution < -0.4 is 10.1 Å². The molecular weight excluding hydrogens is 402 g/mol. The highest BCUT2D eigenvalue weighted by Gasteiger charge is 2.18. The first-order valence-corrected chi connectivity index (χ1v) is 10.8. The number of anilines is 1. The smallest absolute Gasteiger partial charge is 0.227 e. The van der Waals surface area contributed by atoms with E-state index < -0.39 is 0 Å². The standard InChI is InChI=1S/C26H23N3O3/c1-2-31-21-10-7-17(8-11-21)26-28-25(32-29-26)14-13-24(30)27-20-9-12-23-19(16-20)15-18-5-3-4-6-22(18)23/h3-12,16H,2,13-15H2,1H3,(H,27,30). The number of ether oxygens (including phenoxy) is 1. The first kappa shape index (κ1) is 20.0. The van der Waals surface area contributed by atoms with Crippen molar-refractivity contribution < 1.29 is 14.1 Å². The summed E-state index contributed by atoms with van der Waals surface area (Å²) in [5.41, 5.74) is 6.73. The Morgan fingerprint density at radius 1 is 1.03 bits per heavy atom. The van der Waals surface area contributed by atoms with E-state index in [-0.39, 0.29) is 12.3 Å². The number of nitrogens with one attached hydrogen (secondary N) is 1. The summed E-state index contributed by atoms with van der Waals surface area (Å²) < 4.78 is 10.8. The number of benzene rings is 3. The van der Waals surface area contributed by atoms with E-state index in [0.717, 1.165) is 23.4 Å². The second-order valence-corrected chi connectivity index (χ2v) is 7.72. The maximum atomic E-state index is 12.5. The molecule has 0 saturated carbocycles. The molecule has 0 fully saturated rings. The second kappa shape index (κ2) is 8.67. The van der Waals surface area contributed by atoms with Gasteiger partial charge in [0.2, 0.25) is 17.6 Å². The van der Waals surface area contributed by atoms with Crippen molar-refractivity contribution in [3.05, 3.63) is 83.7 Å². The molecule has 1 amide bonds. The van der Waals surface area contributed by atoms with Crippen LogP contribution in [0.15, 0.2) is 71.3 Å². The molecular formula is C26H23N3O3. The van der Waals surface area contributed by atoms with Crippen molar-refractivity contribution >= 4 is 11.6 Å². The zero-order valence-electron chi connectivity index (χ0n) is 17.8. The predicted molar refractivity (Wildman–Crippen MR) is 123 cm³/mol. The quantitative estimate of drug-likeness (QED) is 0.384. The number of fused-ring (bicyclic) bond motifs is 3. The number of hydrogen-bond donors (Lipinski definition) is 1. The summed E-state index contributed by atoms with van der Waals surface area (Å²) >= 11 is 0. The molecule has 1 heterocycles. The third-order valence-electron chi connectivity index (χ3n) is 5.53. The molecule has 1 aliphatic rings. The Balaban J connectivity index is 1.18. The molecule has 0 radical (unpaired) electrons. The van der Waals surface area contributed by atoms with Crippen LogP contribution in [0, 0.1) is 0 Å². The van der Waals surface area contributed by atoms with Crippen molar-refractivity contribution in [1.82, 2.24) is 10.1 Å². The minimum absolute atomic E-state index is 0.0821. The molecule has 3 aromatic carbocycles. The Hall–Kier alpha value is -3.93. The average Bonchev–Trinajstić information content (AvgIpc) is 3.43. The van der Waals surface area contributed by atoms with Crippen LogP contribution in [0.4, 0.5) is 5.69 Å². The fourth-order valence-electron chi connectivity index (χ4n) is 4.01. The van der Waals surface area contributed by atoms with E-state index in [0.29, 0.717) is 24.7 Å². The van der Waals surface area contributed by atoms with E-state index in [2.05, 4.69) is 51.9 Å². The summed E-state index contributed by atoms with van der Waals surface area (Å²) in [6, 6.07) is 22.0. The number of carbonyl (C=O) groups excluding carboxylic acids is 1. The maximum Gasteiger partial charge on any atom is 0.227 e. The van der Waals surface area contributed by atoms with E-state index >= 15 is 0 Å². The number of rotatable bonds is 7. The summed E-state index contributed by atoms with van der Waals surface area (Å²) in [4.78, 5) is 16.9. The molecule has 0 spiro atoms. The molecule has 0 bridgehead atoms. The first-order chi connectivity index (χ1) is 15.7. The van der Waals surface area contributed by atoms with Crippen molar-refractivity contribution in [3.8, 4) is 28.3 Å². The molecule has 0 atom stereocenters. The molecule has 1 N–H and O–H groups in total. The Labute approximate surface area is 186 Å². The molecule has 32 heavy (non-hydrogen) atoms. The van der Waals surface area contributed by atoms with E-state index in [1.165, 1.54) is 22.3 Å². The van der Waals surface area contributed by atoms with Crippen molar-refractivity contribution in [2.75, 3.05) is 11.9 Å². The summed E-state index contributed by atoms with van der Waals surface area (Å²) in [5, 5.41) is 7.01. The van der Waals surface area contributed by atoms with Gasteiger partial charge in [-0.1, -0.05) is 35.5 Å². The summed E-state index contributed by atoms with van der Waals surface area (Å²) in [7, 11) is 0. The number of aryl methyl sites for hydroxylation is 1. The highest BCUT2D eigenvalue weighted by Crippen LogP contribution is 2.37. The zero-order valence-corrected chi connectivity index (χ0v) is 17.8. The lowest BCUT2D eigenvalue weighted by atomic mass is 10.1. The Morgan fingerprint density at radius 2 is 1.84 bits per heavy atom. The number of nitrogens with zero attached hydrogens (tertiary/aromatic N) is 2. The topological polar surface area (TPSA) is 77.2 Å². The molecule has 1 aromatic heterocycles. The van der Waals surface area contributed by atoms with E-state index in [1.54, 1.807) is 0 Å². The second-order valence-electron chi connectivity index (χ2n) is 7.72. The van der Waals surface area contributed by atoms with E-state index in [4.69, 9.17) is 9.26 Å². The molecule has 0 aliphatic heterocycles. The van der Waals surface area contributed by atoms with Crippen LogP contribution >= 0.6 is 0 Å². The van der Waals surface area contributed by atoms with Gasteiger partial charge in [0.1, 0.15) is 5.75 Å². The van der Waals surface area contributed by atoms with Gasteiger partial charge in [-0.15, -0.1) is 0 Å². The van der Waals surface area contributed by atoms with Gasteiger partial charge in [0.25, 0.3) is 0 Å². The van der Waals surface area contributed by atoms with Gasteiger partial charge in [-0.3, -0.25) is 4.79 Å². The number of aromatic nitrogens is 2. The van der Waals surface area contributed by atoms with Crippen molar-refractivity contribution in [3.63, 3.8) is 0 Å². The van der Waals surface area contributed by atoms with Crippen LogP contribution in [0.5, 0.6) is 5.75 Å². The predicted octanol–water partition coefficient (Wildman–Crippen LogP) is 5.28. The van der Waals surface area contributed by atoms with Gasteiger partial charge in [-0.25, -0.2) is 0 Å². The fourth-order valence-corrected chi connectivity index (χ4v) is 4.01. The lowest BCUT2D eigenvalue weighted by Gasteiger charge is -2.07. The van der Waals surface area contributed by atoms with E-state index in [1.807, 2.05) is 37.3 Å². The minimum atomic E-state index is -0.0821. The fraction of sp³-hybridized carbons (Fsp3) is 0.192. The molecule has 1 aliphatic carbocycles. The molecule has 5 rings (SSSR count). The first-order valence-electron chi connectivity index (χ1n) is 10.8. The third kappa shape index (κ3) is 4.12. The van der Waals surface area contributed by atoms with Crippen LogP contribution in [0.3, 0.4) is 0 Å².